The molecule has 0 radical (unpaired) electrons. The van der Waals surface area contributed by atoms with Crippen molar-refractivity contribution >= 4 is 17.3 Å². The highest BCUT2D eigenvalue weighted by atomic mass is 35.5. The standard InChI is InChI=1S/C16H18ClNO/c1-3-18(15-7-5-4-6-8-15)13(2)19-16-11-9-14(17)10-12-16/h4-13H,3H2,1-2H3. The molecule has 0 bridgehead atoms. The van der Waals surface area contributed by atoms with E-state index in [1.807, 2.05) is 49.4 Å². The van der Waals surface area contributed by atoms with Gasteiger partial charge in [0.2, 0.25) is 0 Å². The Morgan fingerprint density at radius 3 is 2.26 bits per heavy atom. The lowest BCUT2D eigenvalue weighted by Gasteiger charge is -2.30. The van der Waals surface area contributed by atoms with E-state index in [1.54, 1.807) is 0 Å². The van der Waals surface area contributed by atoms with E-state index in [9.17, 15) is 0 Å². The SMILES string of the molecule is CCN(c1ccccc1)C(C)Oc1ccc(Cl)cc1. The minimum Gasteiger partial charge on any atom is -0.471 e. The highest BCUT2D eigenvalue weighted by Crippen LogP contribution is 2.21. The Morgan fingerprint density at radius 1 is 1.05 bits per heavy atom. The van der Waals surface area contributed by atoms with Gasteiger partial charge in [0.1, 0.15) is 5.75 Å². The average Bonchev–Trinajstić information content (AvgIpc) is 2.43. The van der Waals surface area contributed by atoms with Crippen LogP contribution in [0.5, 0.6) is 5.75 Å². The average molecular weight is 276 g/mol. The zero-order chi connectivity index (χ0) is 13.7. The molecular weight excluding hydrogens is 258 g/mol. The first kappa shape index (κ1) is 13.8. The predicted molar refractivity (Wildman–Crippen MR) is 81.0 cm³/mol. The van der Waals surface area contributed by atoms with Crippen molar-refractivity contribution in [1.29, 1.82) is 0 Å². The number of hydrogen-bond donors (Lipinski definition) is 0. The highest BCUT2D eigenvalue weighted by Gasteiger charge is 2.13. The fourth-order valence-corrected chi connectivity index (χ4v) is 2.17. The monoisotopic (exact) mass is 275 g/mol. The maximum atomic E-state index is 5.94. The topological polar surface area (TPSA) is 12.5 Å². The van der Waals surface area contributed by atoms with Crippen molar-refractivity contribution in [3.05, 3.63) is 59.6 Å². The van der Waals surface area contributed by atoms with Gasteiger partial charge in [-0.3, -0.25) is 0 Å². The number of ether oxygens (including phenoxy) is 1. The molecule has 0 aromatic heterocycles. The molecule has 0 spiro atoms. The van der Waals surface area contributed by atoms with Crippen LogP contribution < -0.4 is 9.64 Å². The van der Waals surface area contributed by atoms with Gasteiger partial charge in [-0.25, -0.2) is 0 Å². The molecule has 1 atom stereocenters. The van der Waals surface area contributed by atoms with Gasteiger partial charge in [-0.15, -0.1) is 0 Å². The number of rotatable bonds is 5. The van der Waals surface area contributed by atoms with Crippen molar-refractivity contribution in [2.45, 2.75) is 20.1 Å². The zero-order valence-electron chi connectivity index (χ0n) is 11.2. The number of halogens is 1. The first-order valence-corrected chi connectivity index (χ1v) is 6.82. The van der Waals surface area contributed by atoms with Crippen LogP contribution >= 0.6 is 11.6 Å². The summed E-state index contributed by atoms with van der Waals surface area (Å²) in [6.45, 7) is 5.05. The van der Waals surface area contributed by atoms with Crippen LogP contribution in [0.4, 0.5) is 5.69 Å². The summed E-state index contributed by atoms with van der Waals surface area (Å²) in [5, 5.41) is 0.718. The second-order valence-corrected chi connectivity index (χ2v) is 4.73. The van der Waals surface area contributed by atoms with Gasteiger partial charge in [0.15, 0.2) is 6.23 Å². The summed E-state index contributed by atoms with van der Waals surface area (Å²) in [7, 11) is 0. The Morgan fingerprint density at radius 2 is 1.68 bits per heavy atom. The van der Waals surface area contributed by atoms with Crippen LogP contribution in [0.3, 0.4) is 0 Å². The fourth-order valence-electron chi connectivity index (χ4n) is 2.04. The molecule has 3 heteroatoms. The molecule has 2 aromatic rings. The van der Waals surface area contributed by atoms with Crippen molar-refractivity contribution in [2.24, 2.45) is 0 Å². The van der Waals surface area contributed by atoms with Crippen molar-refractivity contribution < 1.29 is 4.74 Å². The number of hydrogen-bond acceptors (Lipinski definition) is 2. The normalized spacial score (nSPS) is 11.9. The van der Waals surface area contributed by atoms with Crippen LogP contribution in [0.25, 0.3) is 0 Å². The Bertz CT molecular complexity index is 498. The maximum Gasteiger partial charge on any atom is 0.169 e. The minimum absolute atomic E-state index is 0.0337. The molecular formula is C16H18ClNO. The fraction of sp³-hybridized carbons (Fsp3) is 0.250. The molecule has 0 saturated carbocycles. The number of nitrogens with zero attached hydrogens (tertiary/aromatic N) is 1. The quantitative estimate of drug-likeness (QED) is 0.740. The van der Waals surface area contributed by atoms with Crippen LogP contribution in [0.15, 0.2) is 54.6 Å². The molecule has 100 valence electrons. The molecule has 0 saturated heterocycles. The van der Waals surface area contributed by atoms with Crippen LogP contribution in [0, 0.1) is 0 Å². The van der Waals surface area contributed by atoms with E-state index >= 15 is 0 Å². The highest BCUT2D eigenvalue weighted by molar-refractivity contribution is 6.30. The van der Waals surface area contributed by atoms with Gasteiger partial charge in [-0.2, -0.15) is 0 Å². The summed E-state index contributed by atoms with van der Waals surface area (Å²) in [5.41, 5.74) is 1.16. The molecule has 0 heterocycles. The van der Waals surface area contributed by atoms with Gasteiger partial charge in [0.25, 0.3) is 0 Å². The number of para-hydroxylation sites is 1. The summed E-state index contributed by atoms with van der Waals surface area (Å²) in [5.74, 6) is 0.825. The molecule has 0 aliphatic heterocycles. The third-order valence-corrected chi connectivity index (χ3v) is 3.24. The molecule has 1 unspecified atom stereocenters. The van der Waals surface area contributed by atoms with Crippen molar-refractivity contribution in [2.75, 3.05) is 11.4 Å². The molecule has 2 aromatic carbocycles. The molecule has 2 rings (SSSR count). The summed E-state index contributed by atoms with van der Waals surface area (Å²) < 4.78 is 5.94. The largest absolute Gasteiger partial charge is 0.471 e. The maximum absolute atomic E-state index is 5.94. The van der Waals surface area contributed by atoms with Crippen LogP contribution in [-0.2, 0) is 0 Å². The van der Waals surface area contributed by atoms with Crippen LogP contribution in [-0.4, -0.2) is 12.8 Å². The minimum atomic E-state index is -0.0337. The van der Waals surface area contributed by atoms with Gasteiger partial charge in [0.05, 0.1) is 0 Å². The lowest BCUT2D eigenvalue weighted by molar-refractivity contribution is 0.216. The third-order valence-electron chi connectivity index (χ3n) is 2.99. The van der Waals surface area contributed by atoms with E-state index in [2.05, 4.69) is 24.0 Å². The van der Waals surface area contributed by atoms with E-state index in [4.69, 9.17) is 16.3 Å². The molecule has 0 aliphatic carbocycles. The van der Waals surface area contributed by atoms with Gasteiger partial charge in [-0.1, -0.05) is 29.8 Å². The molecule has 0 N–H and O–H groups in total. The van der Waals surface area contributed by atoms with Crippen molar-refractivity contribution in [1.82, 2.24) is 0 Å². The first-order chi connectivity index (χ1) is 9.20. The number of benzene rings is 2. The van der Waals surface area contributed by atoms with Gasteiger partial charge in [-0.05, 0) is 50.2 Å². The van der Waals surface area contributed by atoms with E-state index in [1.165, 1.54) is 0 Å². The molecule has 2 nitrogen and oxygen atoms in total. The van der Waals surface area contributed by atoms with Gasteiger partial charge >= 0.3 is 0 Å². The molecule has 0 fully saturated rings. The smallest absolute Gasteiger partial charge is 0.169 e. The summed E-state index contributed by atoms with van der Waals surface area (Å²) in [6, 6.07) is 17.7. The van der Waals surface area contributed by atoms with Crippen molar-refractivity contribution in [3.8, 4) is 5.75 Å². The first-order valence-electron chi connectivity index (χ1n) is 6.44. The van der Waals surface area contributed by atoms with E-state index in [0.29, 0.717) is 0 Å². The predicted octanol–water partition coefficient (Wildman–Crippen LogP) is 4.59. The Hall–Kier alpha value is -1.67. The van der Waals surface area contributed by atoms with Gasteiger partial charge < -0.3 is 9.64 Å². The lowest BCUT2D eigenvalue weighted by atomic mass is 10.3. The Kier molecular flexibility index (Phi) is 4.69. The lowest BCUT2D eigenvalue weighted by Crippen LogP contribution is -2.37. The van der Waals surface area contributed by atoms with Crippen LogP contribution in [0.1, 0.15) is 13.8 Å². The Labute approximate surface area is 119 Å². The molecule has 0 amide bonds. The van der Waals surface area contributed by atoms with E-state index < -0.39 is 0 Å². The van der Waals surface area contributed by atoms with Crippen LogP contribution in [0.2, 0.25) is 5.02 Å². The summed E-state index contributed by atoms with van der Waals surface area (Å²) >= 11 is 5.87. The zero-order valence-corrected chi connectivity index (χ0v) is 12.0. The second-order valence-electron chi connectivity index (χ2n) is 4.29. The third kappa shape index (κ3) is 3.65. The van der Waals surface area contributed by atoms with Gasteiger partial charge in [0, 0.05) is 17.3 Å². The molecule has 0 aliphatic rings. The second kappa shape index (κ2) is 6.48. The van der Waals surface area contributed by atoms with E-state index in [-0.39, 0.29) is 6.23 Å². The summed E-state index contributed by atoms with van der Waals surface area (Å²) in [6.07, 6.45) is -0.0337. The summed E-state index contributed by atoms with van der Waals surface area (Å²) in [4.78, 5) is 2.20. The molecule has 19 heavy (non-hydrogen) atoms. The Balaban J connectivity index is 2.09. The number of anilines is 1. The van der Waals surface area contributed by atoms with Crippen molar-refractivity contribution in [3.63, 3.8) is 0 Å². The van der Waals surface area contributed by atoms with E-state index in [0.717, 1.165) is 23.0 Å².